The zero-order chi connectivity index (χ0) is 28.2. The first-order valence-electron chi connectivity index (χ1n) is 12.5. The van der Waals surface area contributed by atoms with E-state index in [1.165, 1.54) is 30.7 Å². The van der Waals surface area contributed by atoms with Gasteiger partial charge in [-0.1, -0.05) is 18.7 Å². The number of nitrogen functional groups attached to an aromatic ring is 1. The van der Waals surface area contributed by atoms with Gasteiger partial charge in [-0.3, -0.25) is 9.59 Å². The molecule has 2 bridgehead atoms. The normalized spacial score (nSPS) is 20.2. The average Bonchev–Trinajstić information content (AvgIpc) is 3.66. The van der Waals surface area contributed by atoms with Gasteiger partial charge in [0, 0.05) is 23.9 Å². The van der Waals surface area contributed by atoms with Gasteiger partial charge >= 0.3 is 6.18 Å². The number of amides is 2. The second-order valence-electron chi connectivity index (χ2n) is 9.85. The number of rotatable bonds is 5. The third-order valence-corrected chi connectivity index (χ3v) is 7.50. The molecule has 4 aromatic rings. The quantitative estimate of drug-likeness (QED) is 0.359. The fourth-order valence-corrected chi connectivity index (χ4v) is 5.75. The van der Waals surface area contributed by atoms with Gasteiger partial charge in [-0.25, -0.2) is 19.6 Å². The van der Waals surface area contributed by atoms with E-state index in [2.05, 4.69) is 26.8 Å². The van der Waals surface area contributed by atoms with Crippen LogP contribution in [0.25, 0.3) is 22.3 Å². The maximum Gasteiger partial charge on any atom is 0.419 e. The lowest BCUT2D eigenvalue weighted by Gasteiger charge is -2.32. The summed E-state index contributed by atoms with van der Waals surface area (Å²) in [5.74, 6) is -0.873. The number of nitrogens with zero attached hydrogens (tertiary/aromatic N) is 6. The smallest absolute Gasteiger partial charge is 0.383 e. The van der Waals surface area contributed by atoms with Gasteiger partial charge in [0.25, 0.3) is 5.91 Å². The van der Waals surface area contributed by atoms with Crippen molar-refractivity contribution in [3.05, 3.63) is 72.7 Å². The lowest BCUT2D eigenvalue weighted by atomic mass is 10.1. The number of nitrogens with one attached hydrogen (secondary N) is 1. The highest BCUT2D eigenvalue weighted by Gasteiger charge is 2.48. The molecular formula is C27H23F3N8O2. The summed E-state index contributed by atoms with van der Waals surface area (Å²) in [6, 6.07) is 8.05. The van der Waals surface area contributed by atoms with E-state index in [4.69, 9.17) is 10.8 Å². The number of hydrogen-bond donors (Lipinski definition) is 2. The summed E-state index contributed by atoms with van der Waals surface area (Å²) >= 11 is 0. The van der Waals surface area contributed by atoms with Crippen LogP contribution in [0.1, 0.15) is 34.8 Å². The molecule has 3 atom stereocenters. The van der Waals surface area contributed by atoms with Crippen molar-refractivity contribution in [2.24, 2.45) is 5.92 Å². The highest BCUT2D eigenvalue weighted by molar-refractivity contribution is 6.05. The molecule has 0 unspecified atom stereocenters. The maximum atomic E-state index is 13.3. The molecule has 1 saturated heterocycles. The number of hydrogen-bond acceptors (Lipinski definition) is 7. The van der Waals surface area contributed by atoms with Gasteiger partial charge in [-0.15, -0.1) is 0 Å². The van der Waals surface area contributed by atoms with Crippen molar-refractivity contribution in [3.63, 3.8) is 0 Å². The number of carbonyl (C=O) groups excluding carboxylic acids is 2. The minimum atomic E-state index is -4.67. The van der Waals surface area contributed by atoms with Gasteiger partial charge in [0.05, 0.1) is 23.0 Å². The number of halogens is 3. The van der Waals surface area contributed by atoms with E-state index in [9.17, 15) is 22.8 Å². The van der Waals surface area contributed by atoms with Crippen LogP contribution in [0.5, 0.6) is 0 Å². The van der Waals surface area contributed by atoms with Gasteiger partial charge in [0.1, 0.15) is 23.7 Å². The molecule has 3 N–H and O–H groups in total. The Kier molecular flexibility index (Phi) is 6.01. The Morgan fingerprint density at radius 2 is 1.82 bits per heavy atom. The molecule has 204 valence electrons. The fraction of sp³-hybridized carbons (Fsp3) is 0.259. The number of benzene rings is 1. The third kappa shape index (κ3) is 4.23. The molecule has 1 aliphatic carbocycles. The van der Waals surface area contributed by atoms with Crippen LogP contribution in [0.2, 0.25) is 0 Å². The van der Waals surface area contributed by atoms with Gasteiger partial charge < -0.3 is 16.0 Å². The molecule has 0 spiro atoms. The largest absolute Gasteiger partial charge is 0.419 e. The summed E-state index contributed by atoms with van der Waals surface area (Å²) < 4.78 is 41.7. The molecule has 2 amide bonds. The van der Waals surface area contributed by atoms with Gasteiger partial charge in [-0.2, -0.15) is 18.3 Å². The molecule has 10 nitrogen and oxygen atoms in total. The molecule has 3 aromatic heterocycles. The number of piperidine rings is 1. The molecule has 1 saturated carbocycles. The Morgan fingerprint density at radius 1 is 1.07 bits per heavy atom. The van der Waals surface area contributed by atoms with Crippen LogP contribution < -0.4 is 11.1 Å². The minimum Gasteiger partial charge on any atom is -0.383 e. The lowest BCUT2D eigenvalue weighted by molar-refractivity contribution is -0.137. The summed E-state index contributed by atoms with van der Waals surface area (Å²) in [5.41, 5.74) is 6.97. The molecule has 1 aromatic carbocycles. The first-order valence-corrected chi connectivity index (χ1v) is 12.5. The monoisotopic (exact) mass is 548 g/mol. The third-order valence-electron chi connectivity index (χ3n) is 7.50. The Morgan fingerprint density at radius 3 is 2.52 bits per heavy atom. The standard InChI is InChI=1S/C27H23F3N8O2/c1-2-20(39)37-12-14-10-18(37)19(11-14)38-25-21(23(31)33-13-34-25)22(36-38)15-5-7-16(8-6-15)26(40)35-24-17(27(28,29)30)4-3-9-32-24/h2-9,13-14,18-19H,1,10-12H2,(H2,31,33,34)(H,32,35,40)/t14-,18-,19-/m1/s1. The summed E-state index contributed by atoms with van der Waals surface area (Å²) in [6.07, 6.45) is 0.873. The number of pyridine rings is 1. The minimum absolute atomic E-state index is 0.0538. The average molecular weight is 549 g/mol. The van der Waals surface area contributed by atoms with E-state index >= 15 is 0 Å². The number of nitrogens with two attached hydrogens (primary N) is 1. The van der Waals surface area contributed by atoms with Crippen LogP contribution in [0, 0.1) is 5.92 Å². The second kappa shape index (κ2) is 9.43. The Labute approximate surface area is 225 Å². The van der Waals surface area contributed by atoms with E-state index in [-0.39, 0.29) is 29.4 Å². The van der Waals surface area contributed by atoms with Crippen LogP contribution in [0.3, 0.4) is 0 Å². The first kappa shape index (κ1) is 25.5. The number of anilines is 2. The summed E-state index contributed by atoms with van der Waals surface area (Å²) in [4.78, 5) is 39.3. The second-order valence-corrected chi connectivity index (χ2v) is 9.85. The predicted octanol–water partition coefficient (Wildman–Crippen LogP) is 4.09. The predicted molar refractivity (Wildman–Crippen MR) is 140 cm³/mol. The highest BCUT2D eigenvalue weighted by atomic mass is 19.4. The molecule has 1 aliphatic heterocycles. The topological polar surface area (TPSA) is 132 Å². The van der Waals surface area contributed by atoms with Gasteiger partial charge in [0.15, 0.2) is 5.65 Å². The van der Waals surface area contributed by atoms with E-state index in [0.29, 0.717) is 34.8 Å². The molecule has 4 heterocycles. The molecule has 0 radical (unpaired) electrons. The molecule has 13 heteroatoms. The molecular weight excluding hydrogens is 525 g/mol. The molecule has 6 rings (SSSR count). The Hall–Kier alpha value is -4.81. The first-order chi connectivity index (χ1) is 19.2. The van der Waals surface area contributed by atoms with Crippen molar-refractivity contribution in [3.8, 4) is 11.3 Å². The Balaban J connectivity index is 1.32. The summed E-state index contributed by atoms with van der Waals surface area (Å²) in [7, 11) is 0. The van der Waals surface area contributed by atoms with Crippen molar-refractivity contribution in [1.29, 1.82) is 0 Å². The number of carbonyl (C=O) groups is 2. The zero-order valence-corrected chi connectivity index (χ0v) is 21.0. The van der Waals surface area contributed by atoms with E-state index < -0.39 is 23.5 Å². The molecule has 2 aliphatic rings. The van der Waals surface area contributed by atoms with Gasteiger partial charge in [-0.05, 0) is 49.1 Å². The van der Waals surface area contributed by atoms with Crippen molar-refractivity contribution in [1.82, 2.24) is 29.6 Å². The summed E-state index contributed by atoms with van der Waals surface area (Å²) in [5, 5.41) is 7.63. The van der Waals surface area contributed by atoms with Crippen molar-refractivity contribution in [2.45, 2.75) is 31.1 Å². The van der Waals surface area contributed by atoms with Crippen molar-refractivity contribution in [2.75, 3.05) is 17.6 Å². The lowest BCUT2D eigenvalue weighted by Crippen LogP contribution is -2.42. The van der Waals surface area contributed by atoms with Crippen LogP contribution in [-0.4, -0.2) is 54.0 Å². The zero-order valence-electron chi connectivity index (χ0n) is 21.0. The number of alkyl halides is 3. The van der Waals surface area contributed by atoms with E-state index in [0.717, 1.165) is 25.0 Å². The van der Waals surface area contributed by atoms with E-state index in [1.807, 2.05) is 4.90 Å². The van der Waals surface area contributed by atoms with Crippen molar-refractivity contribution >= 4 is 34.5 Å². The number of likely N-dealkylation sites (tertiary alicyclic amines) is 1. The number of aromatic nitrogens is 5. The van der Waals surface area contributed by atoms with Crippen LogP contribution in [-0.2, 0) is 11.0 Å². The maximum absolute atomic E-state index is 13.3. The van der Waals surface area contributed by atoms with E-state index in [1.54, 1.807) is 16.8 Å². The van der Waals surface area contributed by atoms with Gasteiger partial charge in [0.2, 0.25) is 5.91 Å². The number of fused-ring (bicyclic) bond motifs is 3. The molecule has 40 heavy (non-hydrogen) atoms. The fourth-order valence-electron chi connectivity index (χ4n) is 5.75. The van der Waals surface area contributed by atoms with Crippen LogP contribution in [0.15, 0.2) is 61.6 Å². The van der Waals surface area contributed by atoms with Crippen LogP contribution >= 0.6 is 0 Å². The SMILES string of the molecule is C=CC(=O)N1C[C@@H]2C[C@@H]1[C@H](n1nc(-c3ccc(C(=O)Nc4ncccc4C(F)(F)F)cc3)c3c(N)ncnc31)C2. The van der Waals surface area contributed by atoms with Crippen LogP contribution in [0.4, 0.5) is 24.8 Å². The highest BCUT2D eigenvalue weighted by Crippen LogP contribution is 2.46. The molecule has 2 fully saturated rings. The Bertz CT molecular complexity index is 1650. The summed E-state index contributed by atoms with van der Waals surface area (Å²) in [6.45, 7) is 4.30. The van der Waals surface area contributed by atoms with Crippen molar-refractivity contribution < 1.29 is 22.8 Å².